The number of rotatable bonds is 6. The van der Waals surface area contributed by atoms with E-state index in [2.05, 4.69) is 13.8 Å². The normalized spacial score (nSPS) is 12.6. The molecule has 72 valence electrons. The van der Waals surface area contributed by atoms with Crippen molar-refractivity contribution in [1.29, 1.82) is 0 Å². The molecule has 0 fully saturated rings. The minimum Gasteiger partial charge on any atom is -0.455 e. The molecule has 0 aromatic carbocycles. The van der Waals surface area contributed by atoms with Gasteiger partial charge < -0.3 is 4.74 Å². The molecule has 3 heteroatoms. The molecular formula is C9H17IO2. The molecule has 0 aliphatic heterocycles. The molecule has 0 aliphatic carbocycles. The zero-order valence-electron chi connectivity index (χ0n) is 7.81. The minimum absolute atomic E-state index is 0.140. The van der Waals surface area contributed by atoms with Gasteiger partial charge in [0.2, 0.25) is 0 Å². The van der Waals surface area contributed by atoms with Crippen LogP contribution in [0.2, 0.25) is 0 Å². The van der Waals surface area contributed by atoms with Crippen molar-refractivity contribution in [3.8, 4) is 0 Å². The molecule has 0 aromatic rings. The van der Waals surface area contributed by atoms with E-state index in [4.69, 9.17) is 4.74 Å². The van der Waals surface area contributed by atoms with Crippen molar-refractivity contribution in [2.24, 2.45) is 0 Å². The largest absolute Gasteiger partial charge is 0.455 e. The monoisotopic (exact) mass is 284 g/mol. The van der Waals surface area contributed by atoms with Gasteiger partial charge in [-0.1, -0.05) is 26.7 Å². The Morgan fingerprint density at radius 3 is 2.50 bits per heavy atom. The van der Waals surface area contributed by atoms with E-state index < -0.39 is 0 Å². The molecule has 12 heavy (non-hydrogen) atoms. The van der Waals surface area contributed by atoms with Crippen molar-refractivity contribution in [2.75, 3.05) is 0 Å². The van der Waals surface area contributed by atoms with Crippen LogP contribution < -0.4 is 0 Å². The maximum atomic E-state index is 10.6. The van der Waals surface area contributed by atoms with Gasteiger partial charge in [-0.15, -0.1) is 0 Å². The molecule has 2 nitrogen and oxygen atoms in total. The van der Waals surface area contributed by atoms with Crippen LogP contribution in [0, 0.1) is 0 Å². The van der Waals surface area contributed by atoms with E-state index in [1.54, 1.807) is 22.6 Å². The molecule has 0 N–H and O–H groups in total. The predicted molar refractivity (Wildman–Crippen MR) is 58.7 cm³/mol. The first-order valence-electron chi connectivity index (χ1n) is 4.56. The Hall–Kier alpha value is 0.200. The van der Waals surface area contributed by atoms with E-state index in [-0.39, 0.29) is 10.1 Å². The van der Waals surface area contributed by atoms with E-state index in [9.17, 15) is 4.79 Å². The summed E-state index contributed by atoms with van der Waals surface area (Å²) < 4.78 is 4.91. The van der Waals surface area contributed by atoms with E-state index in [1.165, 1.54) is 19.3 Å². The standard InChI is InChI=1S/C9H17IO2/c1-3-5-6-7-8(4-2)12-9(10)11/h8H,3-7H2,1-2H3. The van der Waals surface area contributed by atoms with Crippen molar-refractivity contribution in [3.05, 3.63) is 0 Å². The van der Waals surface area contributed by atoms with Crippen molar-refractivity contribution in [2.45, 2.75) is 52.1 Å². The first-order valence-corrected chi connectivity index (χ1v) is 5.64. The first-order chi connectivity index (χ1) is 5.70. The van der Waals surface area contributed by atoms with Crippen molar-refractivity contribution >= 4 is 26.6 Å². The Balaban J connectivity index is 3.46. The SMILES string of the molecule is CCCCCC(CC)OC(=O)I. The van der Waals surface area contributed by atoms with E-state index in [1.807, 2.05) is 0 Å². The first kappa shape index (κ1) is 12.2. The lowest BCUT2D eigenvalue weighted by atomic mass is 10.1. The minimum atomic E-state index is -0.184. The second kappa shape index (κ2) is 7.83. The Kier molecular flexibility index (Phi) is 7.96. The lowest BCUT2D eigenvalue weighted by Crippen LogP contribution is -2.12. The third kappa shape index (κ3) is 6.88. The van der Waals surface area contributed by atoms with Gasteiger partial charge in [0, 0.05) is 0 Å². The number of hydrogen-bond donors (Lipinski definition) is 0. The van der Waals surface area contributed by atoms with Crippen LogP contribution in [0.25, 0.3) is 0 Å². The fourth-order valence-corrected chi connectivity index (χ4v) is 1.46. The third-order valence-corrected chi connectivity index (χ3v) is 2.10. The summed E-state index contributed by atoms with van der Waals surface area (Å²) in [4.78, 5) is 10.6. The molecule has 0 heterocycles. The Labute approximate surface area is 88.2 Å². The molecule has 0 saturated heterocycles. The van der Waals surface area contributed by atoms with Crippen LogP contribution in [0.1, 0.15) is 46.0 Å². The summed E-state index contributed by atoms with van der Waals surface area (Å²) >= 11 is 1.68. The van der Waals surface area contributed by atoms with Gasteiger partial charge in [0.1, 0.15) is 6.10 Å². The summed E-state index contributed by atoms with van der Waals surface area (Å²) in [7, 11) is 0. The maximum absolute atomic E-state index is 10.6. The van der Waals surface area contributed by atoms with Crippen LogP contribution >= 0.6 is 22.6 Å². The zero-order valence-corrected chi connectivity index (χ0v) is 9.96. The molecule has 0 aromatic heterocycles. The summed E-state index contributed by atoms with van der Waals surface area (Å²) in [5.41, 5.74) is 0. The van der Waals surface area contributed by atoms with Gasteiger partial charge in [0.25, 0.3) is 0 Å². The van der Waals surface area contributed by atoms with E-state index >= 15 is 0 Å². The highest BCUT2D eigenvalue weighted by Gasteiger charge is 2.08. The van der Waals surface area contributed by atoms with E-state index in [0.29, 0.717) is 0 Å². The summed E-state index contributed by atoms with van der Waals surface area (Å²) in [6, 6.07) is 0. The number of hydrogen-bond acceptors (Lipinski definition) is 2. The van der Waals surface area contributed by atoms with E-state index in [0.717, 1.165) is 12.8 Å². The van der Waals surface area contributed by atoms with Crippen molar-refractivity contribution < 1.29 is 9.53 Å². The molecule has 1 atom stereocenters. The summed E-state index contributed by atoms with van der Waals surface area (Å²) in [5.74, 6) is 0. The Morgan fingerprint density at radius 2 is 2.08 bits per heavy atom. The number of carbonyl (C=O) groups excluding carboxylic acids is 1. The van der Waals surface area contributed by atoms with Crippen LogP contribution in [0.4, 0.5) is 4.79 Å². The maximum Gasteiger partial charge on any atom is 0.367 e. The number of carbonyl (C=O) groups is 1. The fraction of sp³-hybridized carbons (Fsp3) is 0.889. The highest BCUT2D eigenvalue weighted by atomic mass is 127. The highest BCUT2D eigenvalue weighted by Crippen LogP contribution is 2.11. The van der Waals surface area contributed by atoms with Gasteiger partial charge in [-0.2, -0.15) is 0 Å². The van der Waals surface area contributed by atoms with Crippen molar-refractivity contribution in [1.82, 2.24) is 0 Å². The number of unbranched alkanes of at least 4 members (excludes halogenated alkanes) is 2. The topological polar surface area (TPSA) is 26.3 Å². The van der Waals surface area contributed by atoms with Crippen LogP contribution in [0.15, 0.2) is 0 Å². The second-order valence-corrected chi connectivity index (χ2v) is 3.76. The molecule has 0 aliphatic rings. The molecule has 0 amide bonds. The van der Waals surface area contributed by atoms with Crippen molar-refractivity contribution in [3.63, 3.8) is 0 Å². The van der Waals surface area contributed by atoms with Gasteiger partial charge in [-0.05, 0) is 19.3 Å². The molecule has 0 spiro atoms. The average Bonchev–Trinajstić information content (AvgIpc) is 2.02. The van der Waals surface area contributed by atoms with Gasteiger partial charge in [-0.25, -0.2) is 4.79 Å². The van der Waals surface area contributed by atoms with Gasteiger partial charge >= 0.3 is 3.98 Å². The van der Waals surface area contributed by atoms with Crippen LogP contribution in [-0.4, -0.2) is 10.1 Å². The third-order valence-electron chi connectivity index (χ3n) is 1.84. The number of ether oxygens (including phenoxy) is 1. The molecule has 0 rings (SSSR count). The molecule has 0 bridgehead atoms. The van der Waals surface area contributed by atoms with Gasteiger partial charge in [0.05, 0.1) is 22.6 Å². The lowest BCUT2D eigenvalue weighted by Gasteiger charge is -2.13. The molecular weight excluding hydrogens is 267 g/mol. The van der Waals surface area contributed by atoms with Gasteiger partial charge in [-0.3, -0.25) is 0 Å². The fourth-order valence-electron chi connectivity index (χ4n) is 1.10. The summed E-state index contributed by atoms with van der Waals surface area (Å²) in [6.45, 7) is 4.22. The van der Waals surface area contributed by atoms with Crippen LogP contribution in [0.3, 0.4) is 0 Å². The zero-order chi connectivity index (χ0) is 9.40. The smallest absolute Gasteiger partial charge is 0.367 e. The summed E-state index contributed by atoms with van der Waals surface area (Å²) in [5, 5.41) is 0. The average molecular weight is 284 g/mol. The molecule has 0 radical (unpaired) electrons. The molecule has 1 unspecified atom stereocenters. The number of halogens is 1. The summed E-state index contributed by atoms with van der Waals surface area (Å²) in [6.07, 6.45) is 5.70. The lowest BCUT2D eigenvalue weighted by molar-refractivity contribution is 0.115. The predicted octanol–water partition coefficient (Wildman–Crippen LogP) is 3.92. The highest BCUT2D eigenvalue weighted by molar-refractivity contribution is 14.1. The van der Waals surface area contributed by atoms with Crippen LogP contribution in [0.5, 0.6) is 0 Å². The van der Waals surface area contributed by atoms with Gasteiger partial charge in [0.15, 0.2) is 0 Å². The van der Waals surface area contributed by atoms with Crippen LogP contribution in [-0.2, 0) is 4.74 Å². The Bertz CT molecular complexity index is 126. The molecule has 0 saturated carbocycles. The second-order valence-electron chi connectivity index (χ2n) is 2.88. The Morgan fingerprint density at radius 1 is 1.42 bits per heavy atom. The quantitative estimate of drug-likeness (QED) is 0.420.